The molecule has 5 fully saturated rings. The number of benzene rings is 1. The summed E-state index contributed by atoms with van der Waals surface area (Å²) in [6.07, 6.45) is 10.7. The van der Waals surface area contributed by atoms with E-state index in [1.807, 2.05) is 36.3 Å². The molecule has 0 aliphatic carbocycles. The summed E-state index contributed by atoms with van der Waals surface area (Å²) in [5.41, 5.74) is 9.04. The number of aromatic nitrogens is 3. The quantitative estimate of drug-likeness (QED) is 0.209. The molecule has 0 spiro atoms. The molecule has 302 valence electrons. The van der Waals surface area contributed by atoms with Crippen molar-refractivity contribution in [3.05, 3.63) is 60.0 Å². The zero-order valence-electron chi connectivity index (χ0n) is 32.7. The number of nitrogens with one attached hydrogen (secondary N) is 3. The fraction of sp³-hybridized carbons (Fsp3) is 0.537. The van der Waals surface area contributed by atoms with Gasteiger partial charge in [0.25, 0.3) is 5.91 Å². The lowest BCUT2D eigenvalue weighted by atomic mass is 9.88. The smallest absolute Gasteiger partial charge is 0.320 e. The molecule has 0 saturated carbocycles. The summed E-state index contributed by atoms with van der Waals surface area (Å²) in [4.78, 5) is 73.2. The van der Waals surface area contributed by atoms with E-state index in [9.17, 15) is 19.2 Å². The predicted molar refractivity (Wildman–Crippen MR) is 218 cm³/mol. The molecule has 1 unspecified atom stereocenters. The van der Waals surface area contributed by atoms with Crippen LogP contribution in [0.4, 0.5) is 33.6 Å². The third kappa shape index (κ3) is 8.90. The molecular weight excluding hydrogens is 725 g/mol. The minimum absolute atomic E-state index is 0.0733. The molecule has 2 aromatic heterocycles. The van der Waals surface area contributed by atoms with Crippen molar-refractivity contribution in [3.8, 4) is 0 Å². The van der Waals surface area contributed by atoms with E-state index in [1.165, 1.54) is 5.56 Å². The number of piperidine rings is 4. The predicted octanol–water partition coefficient (Wildman–Crippen LogP) is 3.36. The highest BCUT2D eigenvalue weighted by Gasteiger charge is 2.35. The fourth-order valence-electron chi connectivity index (χ4n) is 9.06. The minimum Gasteiger partial charge on any atom is -0.370 e. The van der Waals surface area contributed by atoms with E-state index in [1.54, 1.807) is 11.1 Å². The van der Waals surface area contributed by atoms with Crippen LogP contribution >= 0.6 is 0 Å². The lowest BCUT2D eigenvalue weighted by molar-refractivity contribution is -0.133. The van der Waals surface area contributed by atoms with Crippen LogP contribution in [-0.2, 0) is 9.59 Å². The van der Waals surface area contributed by atoms with Crippen molar-refractivity contribution in [1.82, 2.24) is 35.0 Å². The number of nitrogens with two attached hydrogens (primary N) is 1. The Kier molecular flexibility index (Phi) is 11.4. The van der Waals surface area contributed by atoms with Gasteiger partial charge in [-0.1, -0.05) is 12.1 Å². The molecule has 1 aromatic carbocycles. The lowest BCUT2D eigenvalue weighted by Gasteiger charge is -2.38. The Bertz CT molecular complexity index is 1930. The maximum Gasteiger partial charge on any atom is 0.320 e. The van der Waals surface area contributed by atoms with Gasteiger partial charge < -0.3 is 40.9 Å². The molecule has 16 nitrogen and oxygen atoms in total. The number of rotatable bonds is 11. The number of carbonyl (C=O) groups is 4. The first kappa shape index (κ1) is 38.4. The van der Waals surface area contributed by atoms with Gasteiger partial charge in [0.15, 0.2) is 11.5 Å². The largest absolute Gasteiger partial charge is 0.370 e. The molecule has 5 aliphatic heterocycles. The van der Waals surface area contributed by atoms with Gasteiger partial charge in [0.2, 0.25) is 11.8 Å². The van der Waals surface area contributed by atoms with E-state index < -0.39 is 11.9 Å². The molecule has 5 N–H and O–H groups in total. The number of hydrogen-bond donors (Lipinski definition) is 4. The number of urea groups is 1. The maximum atomic E-state index is 12.7. The number of hydrogen-bond acceptors (Lipinski definition) is 12. The summed E-state index contributed by atoms with van der Waals surface area (Å²) in [5.74, 6) is 1.64. The molecule has 3 aromatic rings. The molecule has 5 amide bonds. The van der Waals surface area contributed by atoms with E-state index in [0.29, 0.717) is 48.7 Å². The van der Waals surface area contributed by atoms with Crippen LogP contribution in [0.25, 0.3) is 0 Å². The van der Waals surface area contributed by atoms with E-state index in [-0.39, 0.29) is 29.6 Å². The summed E-state index contributed by atoms with van der Waals surface area (Å²) in [6.45, 7) is 8.23. The molecule has 57 heavy (non-hydrogen) atoms. The third-order valence-electron chi connectivity index (χ3n) is 12.4. The summed E-state index contributed by atoms with van der Waals surface area (Å²) in [6, 6.07) is 12.1. The Morgan fingerprint density at radius 3 is 2.33 bits per heavy atom. The van der Waals surface area contributed by atoms with Gasteiger partial charge in [0, 0.05) is 65.0 Å². The van der Waals surface area contributed by atoms with Crippen LogP contribution in [0.1, 0.15) is 73.3 Å². The summed E-state index contributed by atoms with van der Waals surface area (Å²) < 4.78 is 0. The van der Waals surface area contributed by atoms with E-state index in [4.69, 9.17) is 10.7 Å². The number of anilines is 5. The molecule has 5 saturated heterocycles. The van der Waals surface area contributed by atoms with Crippen LogP contribution < -0.4 is 31.5 Å². The number of primary amides is 1. The summed E-state index contributed by atoms with van der Waals surface area (Å²) >= 11 is 0. The second kappa shape index (κ2) is 16.9. The first-order valence-electron chi connectivity index (χ1n) is 20.5. The monoisotopic (exact) mass is 778 g/mol. The standard InChI is InChI=1S/C41H54N12O4/c1-49-21-22-53(41(49)57)32-3-2-16-52(26-32)35-24-44-37(38(42)55)39(47-35)45-30-6-4-28(5-7-30)29-14-17-50(18-15-29)25-27-12-19-51(20-13-27)31-8-10-34(43-23-31)46-33-9-11-36(54)48-40(33)56/h4-8,10,23-24,27,29,32-33H,2-3,9,11-22,25-26H2,1H3,(H2,42,55)(H,43,46)(H,45,47)(H,48,54,56)/t32-,33?/m1/s1. The minimum atomic E-state index is -0.641. The Labute approximate surface area is 333 Å². The van der Waals surface area contributed by atoms with Crippen molar-refractivity contribution in [2.45, 2.75) is 69.4 Å². The molecule has 0 radical (unpaired) electrons. The maximum absolute atomic E-state index is 12.7. The number of pyridine rings is 1. The third-order valence-corrected chi connectivity index (χ3v) is 12.4. The van der Waals surface area contributed by atoms with Gasteiger partial charge in [0.05, 0.1) is 24.1 Å². The Balaban J connectivity index is 0.795. The van der Waals surface area contributed by atoms with Crippen molar-refractivity contribution in [2.75, 3.05) is 86.4 Å². The number of nitrogens with zero attached hydrogens (tertiary/aromatic N) is 8. The zero-order valence-corrected chi connectivity index (χ0v) is 32.7. The summed E-state index contributed by atoms with van der Waals surface area (Å²) in [7, 11) is 1.84. The lowest BCUT2D eigenvalue weighted by Crippen LogP contribution is -2.49. The fourth-order valence-corrected chi connectivity index (χ4v) is 9.06. The number of imide groups is 1. The highest BCUT2D eigenvalue weighted by Crippen LogP contribution is 2.32. The van der Waals surface area contributed by atoms with Gasteiger partial charge in [-0.15, -0.1) is 0 Å². The topological polar surface area (TPSA) is 185 Å². The van der Waals surface area contributed by atoms with Crippen LogP contribution in [0, 0.1) is 5.92 Å². The van der Waals surface area contributed by atoms with E-state index >= 15 is 0 Å². The van der Waals surface area contributed by atoms with Gasteiger partial charge >= 0.3 is 6.03 Å². The van der Waals surface area contributed by atoms with Crippen molar-refractivity contribution in [3.63, 3.8) is 0 Å². The van der Waals surface area contributed by atoms with Crippen molar-refractivity contribution in [2.24, 2.45) is 11.7 Å². The molecule has 5 aliphatic rings. The number of carbonyl (C=O) groups excluding carboxylic acids is 4. The first-order chi connectivity index (χ1) is 27.7. The van der Waals surface area contributed by atoms with E-state index in [2.05, 4.69) is 58.8 Å². The van der Waals surface area contributed by atoms with Gasteiger partial charge in [0.1, 0.15) is 17.7 Å². The Morgan fingerprint density at radius 1 is 0.860 bits per heavy atom. The molecule has 2 atom stereocenters. The summed E-state index contributed by atoms with van der Waals surface area (Å²) in [5, 5.41) is 8.85. The number of likely N-dealkylation sites (N-methyl/N-ethyl adjacent to an activating group) is 1. The normalized spacial score (nSPS) is 22.9. The second-order valence-electron chi connectivity index (χ2n) is 16.2. The van der Waals surface area contributed by atoms with Gasteiger partial charge in [-0.05, 0) is 99.7 Å². The average molecular weight is 779 g/mol. The Hall–Kier alpha value is -5.51. The number of amides is 5. The molecular formula is C41H54N12O4. The van der Waals surface area contributed by atoms with Gasteiger partial charge in [-0.25, -0.2) is 19.7 Å². The molecule has 0 bridgehead atoms. The van der Waals surface area contributed by atoms with Gasteiger partial charge in [-0.3, -0.25) is 19.7 Å². The first-order valence-corrected chi connectivity index (χ1v) is 20.5. The molecule has 8 rings (SSSR count). The average Bonchev–Trinajstić information content (AvgIpc) is 3.57. The van der Waals surface area contributed by atoms with Crippen molar-refractivity contribution in [1.29, 1.82) is 0 Å². The second-order valence-corrected chi connectivity index (χ2v) is 16.2. The van der Waals surface area contributed by atoms with Crippen LogP contribution in [0.15, 0.2) is 48.8 Å². The highest BCUT2D eigenvalue weighted by atomic mass is 16.2. The zero-order chi connectivity index (χ0) is 39.5. The number of likely N-dealkylation sites (tertiary alicyclic amines) is 1. The molecule has 7 heterocycles. The van der Waals surface area contributed by atoms with Crippen LogP contribution in [0.2, 0.25) is 0 Å². The van der Waals surface area contributed by atoms with E-state index in [0.717, 1.165) is 102 Å². The SMILES string of the molecule is CN1CCN([C@@H]2CCCN(c3cnc(C(N)=O)c(Nc4ccc(C5CCN(CC6CCN(c7ccc(NC8CCC(=O)NC8=O)nc7)CC6)CC5)cc4)n3)C2)C1=O. The van der Waals surface area contributed by atoms with Gasteiger partial charge in [-0.2, -0.15) is 0 Å². The highest BCUT2D eigenvalue weighted by molar-refractivity contribution is 6.01. The van der Waals surface area contributed by atoms with Crippen LogP contribution in [0.5, 0.6) is 0 Å². The van der Waals surface area contributed by atoms with Crippen molar-refractivity contribution >= 4 is 52.6 Å². The van der Waals surface area contributed by atoms with Crippen LogP contribution in [0.3, 0.4) is 0 Å². The van der Waals surface area contributed by atoms with Crippen molar-refractivity contribution < 1.29 is 19.2 Å². The van der Waals surface area contributed by atoms with Crippen LogP contribution in [-0.4, -0.2) is 131 Å². The Morgan fingerprint density at radius 2 is 1.65 bits per heavy atom. The molecule has 16 heteroatoms.